The van der Waals surface area contributed by atoms with Crippen molar-refractivity contribution in [3.63, 3.8) is 0 Å². The number of aromatic nitrogens is 3. The molecule has 0 saturated heterocycles. The maximum absolute atomic E-state index is 13.7. The van der Waals surface area contributed by atoms with Crippen LogP contribution in [0, 0.1) is 25.5 Å². The van der Waals surface area contributed by atoms with Gasteiger partial charge in [0.25, 0.3) is 5.91 Å². The van der Waals surface area contributed by atoms with Crippen molar-refractivity contribution in [2.24, 2.45) is 0 Å². The van der Waals surface area contributed by atoms with Gasteiger partial charge in [0.1, 0.15) is 34.7 Å². The first kappa shape index (κ1) is 16.5. The van der Waals surface area contributed by atoms with E-state index in [4.69, 9.17) is 4.52 Å². The number of nitrogens with zero attached hydrogens (tertiary/aromatic N) is 3. The Morgan fingerprint density at radius 1 is 1.08 bits per heavy atom. The van der Waals surface area contributed by atoms with E-state index in [1.54, 1.807) is 19.9 Å². The van der Waals surface area contributed by atoms with Gasteiger partial charge in [-0.25, -0.2) is 18.7 Å². The first-order valence-corrected chi connectivity index (χ1v) is 7.23. The van der Waals surface area contributed by atoms with Gasteiger partial charge in [-0.05, 0) is 26.0 Å². The summed E-state index contributed by atoms with van der Waals surface area (Å²) in [6.45, 7) is 3.28. The number of benzene rings is 1. The van der Waals surface area contributed by atoms with E-state index in [-0.39, 0.29) is 23.0 Å². The molecule has 0 atom stereocenters. The van der Waals surface area contributed by atoms with Gasteiger partial charge in [0.2, 0.25) is 0 Å². The molecule has 2 aromatic heterocycles. The van der Waals surface area contributed by atoms with Gasteiger partial charge in [0.15, 0.2) is 5.82 Å². The Labute approximate surface area is 141 Å². The molecule has 2 N–H and O–H groups in total. The summed E-state index contributed by atoms with van der Waals surface area (Å²) in [5.41, 5.74) is 0.0798. The second-order valence-corrected chi connectivity index (χ2v) is 5.21. The van der Waals surface area contributed by atoms with Crippen LogP contribution in [0.25, 0.3) is 0 Å². The van der Waals surface area contributed by atoms with Crippen LogP contribution >= 0.6 is 0 Å². The highest BCUT2D eigenvalue weighted by Gasteiger charge is 2.14. The van der Waals surface area contributed by atoms with Gasteiger partial charge in [-0.15, -0.1) is 0 Å². The van der Waals surface area contributed by atoms with Crippen LogP contribution in [0.1, 0.15) is 22.1 Å². The Kier molecular flexibility index (Phi) is 4.38. The number of carbonyl (C=O) groups excluding carboxylic acids is 1. The van der Waals surface area contributed by atoms with E-state index in [1.807, 2.05) is 0 Å². The van der Waals surface area contributed by atoms with Crippen molar-refractivity contribution in [1.82, 2.24) is 15.1 Å². The van der Waals surface area contributed by atoms with Crippen molar-refractivity contribution in [2.45, 2.75) is 13.8 Å². The fourth-order valence-corrected chi connectivity index (χ4v) is 2.08. The molecule has 0 bridgehead atoms. The van der Waals surface area contributed by atoms with Gasteiger partial charge < -0.3 is 15.2 Å². The van der Waals surface area contributed by atoms with E-state index in [2.05, 4.69) is 25.8 Å². The summed E-state index contributed by atoms with van der Waals surface area (Å²) in [6.07, 6.45) is 0. The monoisotopic (exact) mass is 345 g/mol. The number of hydrogen-bond donors (Lipinski definition) is 2. The smallest absolute Gasteiger partial charge is 0.275 e. The molecule has 2 heterocycles. The number of hydrogen-bond acceptors (Lipinski definition) is 6. The zero-order chi connectivity index (χ0) is 18.0. The summed E-state index contributed by atoms with van der Waals surface area (Å²) in [6, 6.07) is 5.99. The molecule has 0 aliphatic carbocycles. The molecule has 0 saturated carbocycles. The molecule has 1 aromatic carbocycles. The van der Waals surface area contributed by atoms with E-state index in [9.17, 15) is 13.6 Å². The molecule has 128 valence electrons. The Morgan fingerprint density at radius 3 is 2.56 bits per heavy atom. The largest absolute Gasteiger partial charge is 0.360 e. The third-order valence-electron chi connectivity index (χ3n) is 3.13. The molecule has 1 amide bonds. The van der Waals surface area contributed by atoms with Gasteiger partial charge >= 0.3 is 0 Å². The second-order valence-electron chi connectivity index (χ2n) is 5.21. The Morgan fingerprint density at radius 2 is 1.88 bits per heavy atom. The van der Waals surface area contributed by atoms with E-state index >= 15 is 0 Å². The minimum Gasteiger partial charge on any atom is -0.360 e. The topological polar surface area (TPSA) is 92.9 Å². The molecule has 0 unspecified atom stereocenters. The highest BCUT2D eigenvalue weighted by Crippen LogP contribution is 2.20. The average Bonchev–Trinajstić information content (AvgIpc) is 2.94. The highest BCUT2D eigenvalue weighted by atomic mass is 19.1. The number of amides is 1. The molecule has 25 heavy (non-hydrogen) atoms. The van der Waals surface area contributed by atoms with E-state index < -0.39 is 17.5 Å². The summed E-state index contributed by atoms with van der Waals surface area (Å²) in [4.78, 5) is 20.4. The molecule has 0 fully saturated rings. The maximum Gasteiger partial charge on any atom is 0.275 e. The quantitative estimate of drug-likeness (QED) is 0.753. The third kappa shape index (κ3) is 3.94. The predicted molar refractivity (Wildman–Crippen MR) is 85.6 cm³/mol. The second kappa shape index (κ2) is 6.63. The van der Waals surface area contributed by atoms with Crippen LogP contribution in [0.3, 0.4) is 0 Å². The fourth-order valence-electron chi connectivity index (χ4n) is 2.08. The van der Waals surface area contributed by atoms with Gasteiger partial charge in [-0.1, -0.05) is 5.16 Å². The molecule has 3 aromatic rings. The molecule has 3 rings (SSSR count). The Bertz CT molecular complexity index is 942. The van der Waals surface area contributed by atoms with Crippen LogP contribution in [0.4, 0.5) is 26.1 Å². The zero-order valence-electron chi connectivity index (χ0n) is 13.3. The number of anilines is 3. The summed E-state index contributed by atoms with van der Waals surface area (Å²) in [5.74, 6) is -0.707. The first-order valence-electron chi connectivity index (χ1n) is 7.23. The van der Waals surface area contributed by atoms with Crippen LogP contribution in [0.15, 0.2) is 34.9 Å². The van der Waals surface area contributed by atoms with Crippen LogP contribution in [0.2, 0.25) is 0 Å². The Balaban J connectivity index is 1.83. The average molecular weight is 345 g/mol. The fraction of sp³-hybridized carbons (Fsp3) is 0.125. The van der Waals surface area contributed by atoms with Crippen molar-refractivity contribution >= 4 is 23.2 Å². The summed E-state index contributed by atoms with van der Waals surface area (Å²) in [7, 11) is 0. The number of rotatable bonds is 4. The molecule has 0 spiro atoms. The molecular formula is C16H13F2N5O2. The molecule has 9 heteroatoms. The van der Waals surface area contributed by atoms with E-state index in [0.717, 1.165) is 12.1 Å². The summed E-state index contributed by atoms with van der Waals surface area (Å²) >= 11 is 0. The molecule has 0 aliphatic heterocycles. The third-order valence-corrected chi connectivity index (χ3v) is 3.13. The lowest BCUT2D eigenvalue weighted by atomic mass is 10.3. The lowest BCUT2D eigenvalue weighted by Gasteiger charge is -2.09. The molecular weight excluding hydrogens is 332 g/mol. The molecule has 7 nitrogen and oxygen atoms in total. The number of carbonyl (C=O) groups is 1. The highest BCUT2D eigenvalue weighted by molar-refractivity contribution is 6.02. The van der Waals surface area contributed by atoms with Gasteiger partial charge in [-0.3, -0.25) is 4.79 Å². The van der Waals surface area contributed by atoms with Gasteiger partial charge in [-0.2, -0.15) is 0 Å². The standard InChI is InChI=1S/C16H13F2N5O2/c1-8-5-15(23-25-8)22-16(24)13-7-14(20-9(2)19-13)21-12-4-3-10(17)6-11(12)18/h3-7H,1-2H3,(H,19,20,21)(H,22,23,24). The number of aryl methyl sites for hydroxylation is 2. The zero-order valence-corrected chi connectivity index (χ0v) is 13.3. The van der Waals surface area contributed by atoms with Crippen molar-refractivity contribution < 1.29 is 18.1 Å². The molecule has 0 radical (unpaired) electrons. The number of halogens is 2. The van der Waals surface area contributed by atoms with Gasteiger partial charge in [0, 0.05) is 18.2 Å². The van der Waals surface area contributed by atoms with Crippen LogP contribution in [-0.2, 0) is 0 Å². The van der Waals surface area contributed by atoms with Crippen LogP contribution < -0.4 is 10.6 Å². The van der Waals surface area contributed by atoms with Crippen LogP contribution in [0.5, 0.6) is 0 Å². The normalized spacial score (nSPS) is 10.6. The maximum atomic E-state index is 13.7. The minimum atomic E-state index is -0.777. The van der Waals surface area contributed by atoms with Crippen molar-refractivity contribution in [1.29, 1.82) is 0 Å². The van der Waals surface area contributed by atoms with E-state index in [1.165, 1.54) is 12.1 Å². The van der Waals surface area contributed by atoms with Crippen molar-refractivity contribution in [2.75, 3.05) is 10.6 Å². The first-order chi connectivity index (χ1) is 11.9. The summed E-state index contributed by atoms with van der Waals surface area (Å²) < 4.78 is 31.6. The lowest BCUT2D eigenvalue weighted by Crippen LogP contribution is -2.15. The Hall–Kier alpha value is -3.36. The van der Waals surface area contributed by atoms with Crippen LogP contribution in [-0.4, -0.2) is 21.0 Å². The van der Waals surface area contributed by atoms with Crippen molar-refractivity contribution in [3.05, 3.63) is 59.2 Å². The lowest BCUT2D eigenvalue weighted by molar-refractivity contribution is 0.102. The summed E-state index contributed by atoms with van der Waals surface area (Å²) in [5, 5.41) is 8.89. The van der Waals surface area contributed by atoms with Gasteiger partial charge in [0.05, 0.1) is 5.69 Å². The SMILES string of the molecule is Cc1nc(Nc2ccc(F)cc2F)cc(C(=O)Nc2cc(C)on2)n1. The number of nitrogens with one attached hydrogen (secondary N) is 2. The van der Waals surface area contributed by atoms with E-state index in [0.29, 0.717) is 11.6 Å². The predicted octanol–water partition coefficient (Wildman–Crippen LogP) is 3.36. The minimum absolute atomic E-state index is 0.0259. The molecule has 0 aliphatic rings. The van der Waals surface area contributed by atoms with Crippen molar-refractivity contribution in [3.8, 4) is 0 Å².